The van der Waals surface area contributed by atoms with E-state index in [1.54, 1.807) is 0 Å². The van der Waals surface area contributed by atoms with E-state index in [4.69, 9.17) is 5.73 Å². The van der Waals surface area contributed by atoms with Gasteiger partial charge in [0.25, 0.3) is 0 Å². The standard InChI is InChI=1S/C11H15N.C3H8.C2H6/c1-4-10(12)11-8(2)6-5-7-9(11)3;1-3-2;1-2/h4-7H,12H2,1-3H3;3H2,1-2H3;1-2H3/b10-4-;;. The van der Waals surface area contributed by atoms with Gasteiger partial charge in [0.1, 0.15) is 0 Å². The molecule has 0 unspecified atom stereocenters. The molecule has 0 radical (unpaired) electrons. The third-order valence-electron chi connectivity index (χ3n) is 2.08. The zero-order chi connectivity index (χ0) is 13.8. The first kappa shape index (κ1) is 18.1. The van der Waals surface area contributed by atoms with Crippen molar-refractivity contribution in [2.24, 2.45) is 5.73 Å². The summed E-state index contributed by atoms with van der Waals surface area (Å²) in [6.07, 6.45) is 3.19. The van der Waals surface area contributed by atoms with Crippen LogP contribution in [0.15, 0.2) is 24.3 Å². The van der Waals surface area contributed by atoms with Gasteiger partial charge in [-0.25, -0.2) is 0 Å². The minimum atomic E-state index is 0.866. The fourth-order valence-electron chi connectivity index (χ4n) is 1.41. The van der Waals surface area contributed by atoms with Gasteiger partial charge in [-0.2, -0.15) is 0 Å². The average Bonchev–Trinajstić information content (AvgIpc) is 2.32. The molecule has 0 saturated carbocycles. The lowest BCUT2D eigenvalue weighted by Crippen LogP contribution is -2.00. The highest BCUT2D eigenvalue weighted by Gasteiger charge is 2.02. The van der Waals surface area contributed by atoms with E-state index >= 15 is 0 Å². The zero-order valence-electron chi connectivity index (χ0n) is 12.6. The van der Waals surface area contributed by atoms with Gasteiger partial charge in [0.05, 0.1) is 0 Å². The van der Waals surface area contributed by atoms with E-state index in [2.05, 4.69) is 45.9 Å². The van der Waals surface area contributed by atoms with Crippen molar-refractivity contribution < 1.29 is 0 Å². The van der Waals surface area contributed by atoms with Crippen LogP contribution in [0.5, 0.6) is 0 Å². The monoisotopic (exact) mass is 235 g/mol. The molecular formula is C16H29N. The Morgan fingerprint density at radius 1 is 1.12 bits per heavy atom. The SMILES string of the molecule is C/C=C(\N)c1c(C)cccc1C.CC.CCC. The summed E-state index contributed by atoms with van der Waals surface area (Å²) in [6, 6.07) is 6.22. The molecule has 2 N–H and O–H groups in total. The number of hydrogen-bond donors (Lipinski definition) is 1. The largest absolute Gasteiger partial charge is 0.398 e. The number of aryl methyl sites for hydroxylation is 2. The van der Waals surface area contributed by atoms with Crippen molar-refractivity contribution in [2.75, 3.05) is 0 Å². The van der Waals surface area contributed by atoms with Crippen LogP contribution in [0.25, 0.3) is 5.70 Å². The molecule has 0 atom stereocenters. The minimum Gasteiger partial charge on any atom is -0.398 e. The summed E-state index contributed by atoms with van der Waals surface area (Å²) >= 11 is 0. The van der Waals surface area contributed by atoms with E-state index in [1.807, 2.05) is 26.8 Å². The van der Waals surface area contributed by atoms with Gasteiger partial charge >= 0.3 is 0 Å². The van der Waals surface area contributed by atoms with Crippen LogP contribution < -0.4 is 5.73 Å². The molecule has 0 aliphatic rings. The predicted octanol–water partition coefficient (Wildman–Crippen LogP) is 5.07. The van der Waals surface area contributed by atoms with Crippen LogP contribution in [0.1, 0.15) is 57.7 Å². The Kier molecular flexibility index (Phi) is 12.0. The topological polar surface area (TPSA) is 26.0 Å². The quantitative estimate of drug-likeness (QED) is 0.723. The van der Waals surface area contributed by atoms with E-state index in [0.29, 0.717) is 0 Å². The maximum Gasteiger partial charge on any atom is 0.0349 e. The molecule has 1 nitrogen and oxygen atoms in total. The van der Waals surface area contributed by atoms with E-state index < -0.39 is 0 Å². The summed E-state index contributed by atoms with van der Waals surface area (Å²) < 4.78 is 0. The van der Waals surface area contributed by atoms with Crippen LogP contribution in [0, 0.1) is 13.8 Å². The summed E-state index contributed by atoms with van der Waals surface area (Å²) in [5.41, 5.74) is 10.4. The van der Waals surface area contributed by atoms with E-state index in [9.17, 15) is 0 Å². The van der Waals surface area contributed by atoms with Gasteiger partial charge in [-0.15, -0.1) is 0 Å². The number of rotatable bonds is 1. The van der Waals surface area contributed by atoms with Crippen molar-refractivity contribution in [3.8, 4) is 0 Å². The maximum absolute atomic E-state index is 5.86. The van der Waals surface area contributed by atoms with Crippen LogP contribution in [-0.2, 0) is 0 Å². The number of allylic oxidation sites excluding steroid dienone is 1. The maximum atomic E-state index is 5.86. The first-order valence-electron chi connectivity index (χ1n) is 6.56. The Bertz CT molecular complexity index is 304. The minimum absolute atomic E-state index is 0.866. The van der Waals surface area contributed by atoms with Crippen molar-refractivity contribution in [3.63, 3.8) is 0 Å². The molecule has 0 heterocycles. The second kappa shape index (κ2) is 11.3. The third kappa shape index (κ3) is 6.83. The second-order valence-corrected chi connectivity index (χ2v) is 3.72. The smallest absolute Gasteiger partial charge is 0.0349 e. The normalized spacial score (nSPS) is 9.71. The van der Waals surface area contributed by atoms with Gasteiger partial charge in [-0.1, -0.05) is 58.4 Å². The van der Waals surface area contributed by atoms with Crippen LogP contribution >= 0.6 is 0 Å². The second-order valence-electron chi connectivity index (χ2n) is 3.72. The number of benzene rings is 1. The Labute approximate surface area is 108 Å². The highest BCUT2D eigenvalue weighted by atomic mass is 14.6. The first-order chi connectivity index (χ1) is 8.08. The lowest BCUT2D eigenvalue weighted by molar-refractivity contribution is 1.09. The first-order valence-corrected chi connectivity index (χ1v) is 6.56. The van der Waals surface area contributed by atoms with Crippen molar-refractivity contribution in [1.82, 2.24) is 0 Å². The molecular weight excluding hydrogens is 206 g/mol. The number of nitrogens with two attached hydrogens (primary N) is 1. The van der Waals surface area contributed by atoms with Gasteiger partial charge < -0.3 is 5.73 Å². The molecule has 1 aromatic carbocycles. The average molecular weight is 235 g/mol. The van der Waals surface area contributed by atoms with Gasteiger partial charge in [-0.05, 0) is 31.9 Å². The lowest BCUT2D eigenvalue weighted by atomic mass is 10.0. The van der Waals surface area contributed by atoms with Gasteiger partial charge in [0, 0.05) is 11.3 Å². The highest BCUT2D eigenvalue weighted by Crippen LogP contribution is 2.18. The predicted molar refractivity (Wildman–Crippen MR) is 81.1 cm³/mol. The highest BCUT2D eigenvalue weighted by molar-refractivity contribution is 5.67. The Balaban J connectivity index is 0. The molecule has 1 heteroatoms. The molecule has 0 amide bonds. The van der Waals surface area contributed by atoms with E-state index in [0.717, 1.165) is 5.70 Å². The lowest BCUT2D eigenvalue weighted by Gasteiger charge is -2.08. The van der Waals surface area contributed by atoms with Gasteiger partial charge in [0.15, 0.2) is 0 Å². The molecule has 0 aliphatic carbocycles. The van der Waals surface area contributed by atoms with Crippen molar-refractivity contribution in [1.29, 1.82) is 0 Å². The van der Waals surface area contributed by atoms with Crippen LogP contribution in [-0.4, -0.2) is 0 Å². The third-order valence-corrected chi connectivity index (χ3v) is 2.08. The molecule has 1 aromatic rings. The zero-order valence-corrected chi connectivity index (χ0v) is 12.6. The number of hydrogen-bond acceptors (Lipinski definition) is 1. The summed E-state index contributed by atoms with van der Waals surface area (Å²) in [4.78, 5) is 0. The van der Waals surface area contributed by atoms with E-state index in [-0.39, 0.29) is 0 Å². The fraction of sp³-hybridized carbons (Fsp3) is 0.500. The summed E-state index contributed by atoms with van der Waals surface area (Å²) in [6.45, 7) is 14.4. The molecule has 0 spiro atoms. The molecule has 0 aromatic heterocycles. The Morgan fingerprint density at radius 2 is 1.47 bits per heavy atom. The Morgan fingerprint density at radius 3 is 1.76 bits per heavy atom. The molecule has 0 bridgehead atoms. The van der Waals surface area contributed by atoms with Crippen LogP contribution in [0.3, 0.4) is 0 Å². The van der Waals surface area contributed by atoms with Crippen LogP contribution in [0.2, 0.25) is 0 Å². The molecule has 98 valence electrons. The summed E-state index contributed by atoms with van der Waals surface area (Å²) in [7, 11) is 0. The van der Waals surface area contributed by atoms with Gasteiger partial charge in [0.2, 0.25) is 0 Å². The van der Waals surface area contributed by atoms with Gasteiger partial charge in [-0.3, -0.25) is 0 Å². The summed E-state index contributed by atoms with van der Waals surface area (Å²) in [5, 5.41) is 0. The van der Waals surface area contributed by atoms with Crippen LogP contribution in [0.4, 0.5) is 0 Å². The molecule has 1 rings (SSSR count). The molecule has 0 aliphatic heterocycles. The van der Waals surface area contributed by atoms with E-state index in [1.165, 1.54) is 23.1 Å². The molecule has 0 saturated heterocycles. The molecule has 17 heavy (non-hydrogen) atoms. The summed E-state index contributed by atoms with van der Waals surface area (Å²) in [5.74, 6) is 0. The van der Waals surface area contributed by atoms with Crippen molar-refractivity contribution in [3.05, 3.63) is 41.0 Å². The van der Waals surface area contributed by atoms with Crippen molar-refractivity contribution in [2.45, 2.75) is 54.9 Å². The van der Waals surface area contributed by atoms with Crippen molar-refractivity contribution >= 4 is 5.70 Å². The fourth-order valence-corrected chi connectivity index (χ4v) is 1.41. The molecule has 0 fully saturated rings. The Hall–Kier alpha value is -1.24.